The maximum atomic E-state index is 11.3. The van der Waals surface area contributed by atoms with Crippen LogP contribution in [0.15, 0.2) is 47.6 Å². The number of hydrogen-bond acceptors (Lipinski definition) is 4. The first kappa shape index (κ1) is 14.5. The zero-order valence-electron chi connectivity index (χ0n) is 11.8. The van der Waals surface area contributed by atoms with Gasteiger partial charge in [-0.15, -0.1) is 0 Å². The van der Waals surface area contributed by atoms with Crippen LogP contribution in [-0.4, -0.2) is 19.7 Å². The lowest BCUT2D eigenvalue weighted by Gasteiger charge is -2.17. The summed E-state index contributed by atoms with van der Waals surface area (Å²) < 4.78 is 22.7. The van der Waals surface area contributed by atoms with E-state index in [0.29, 0.717) is 0 Å². The number of nitrogens with one attached hydrogen (secondary N) is 1. The molecule has 0 amide bonds. The van der Waals surface area contributed by atoms with Gasteiger partial charge in [0.25, 0.3) is 0 Å². The van der Waals surface area contributed by atoms with Crippen LogP contribution in [0.4, 0.5) is 5.69 Å². The van der Waals surface area contributed by atoms with E-state index in [0.717, 1.165) is 11.9 Å². The molecule has 20 heavy (non-hydrogen) atoms. The molecule has 106 valence electrons. The summed E-state index contributed by atoms with van der Waals surface area (Å²) in [5, 5.41) is 3.41. The number of benzene rings is 1. The van der Waals surface area contributed by atoms with E-state index in [1.165, 1.54) is 17.2 Å². The van der Waals surface area contributed by atoms with Gasteiger partial charge in [0.1, 0.15) is 0 Å². The first-order valence-corrected chi connectivity index (χ1v) is 8.25. The van der Waals surface area contributed by atoms with Gasteiger partial charge in [0, 0.05) is 12.3 Å². The minimum absolute atomic E-state index is 0.0894. The highest BCUT2D eigenvalue weighted by molar-refractivity contribution is 7.90. The summed E-state index contributed by atoms with van der Waals surface area (Å²) in [7, 11) is -3.25. The molecule has 0 bridgehead atoms. The van der Waals surface area contributed by atoms with Gasteiger partial charge in [-0.2, -0.15) is 0 Å². The monoisotopic (exact) mass is 290 g/mol. The van der Waals surface area contributed by atoms with Crippen LogP contribution >= 0.6 is 0 Å². The first-order chi connectivity index (χ1) is 9.38. The predicted octanol–water partition coefficient (Wildman–Crippen LogP) is 2.97. The molecule has 1 aromatic carbocycles. The number of rotatable bonds is 4. The molecular weight excluding hydrogens is 272 g/mol. The second-order valence-corrected chi connectivity index (χ2v) is 6.84. The van der Waals surface area contributed by atoms with Gasteiger partial charge in [-0.05, 0) is 37.1 Å². The normalized spacial score (nSPS) is 12.9. The molecule has 0 aliphatic carbocycles. The lowest BCUT2D eigenvalue weighted by atomic mass is 10.0. The van der Waals surface area contributed by atoms with Gasteiger partial charge >= 0.3 is 0 Å². The van der Waals surface area contributed by atoms with Crippen LogP contribution in [0.2, 0.25) is 0 Å². The van der Waals surface area contributed by atoms with Gasteiger partial charge in [0.15, 0.2) is 14.9 Å². The molecule has 1 aromatic heterocycles. The van der Waals surface area contributed by atoms with Crippen molar-refractivity contribution >= 4 is 15.5 Å². The second kappa shape index (κ2) is 5.63. The van der Waals surface area contributed by atoms with E-state index in [-0.39, 0.29) is 11.1 Å². The largest absolute Gasteiger partial charge is 0.377 e. The summed E-state index contributed by atoms with van der Waals surface area (Å²) in [6, 6.07) is 11.5. The Labute approximate surface area is 119 Å². The van der Waals surface area contributed by atoms with Crippen LogP contribution in [0.3, 0.4) is 0 Å². The molecule has 1 atom stereocenters. The molecule has 0 saturated carbocycles. The fourth-order valence-electron chi connectivity index (χ4n) is 2.09. The van der Waals surface area contributed by atoms with Gasteiger partial charge in [-0.3, -0.25) is 0 Å². The van der Waals surface area contributed by atoms with E-state index >= 15 is 0 Å². The number of sulfone groups is 1. The number of anilines is 1. The Kier molecular flexibility index (Phi) is 4.09. The molecule has 2 rings (SSSR count). The Morgan fingerprint density at radius 2 is 1.85 bits per heavy atom. The second-order valence-electron chi connectivity index (χ2n) is 4.88. The zero-order valence-corrected chi connectivity index (χ0v) is 12.6. The van der Waals surface area contributed by atoms with Crippen molar-refractivity contribution in [3.63, 3.8) is 0 Å². The van der Waals surface area contributed by atoms with Crippen LogP contribution in [0, 0.1) is 6.92 Å². The molecule has 1 N–H and O–H groups in total. The highest BCUT2D eigenvalue weighted by Gasteiger charge is 2.10. The van der Waals surface area contributed by atoms with E-state index < -0.39 is 9.84 Å². The molecule has 1 heterocycles. The standard InChI is InChI=1S/C15H18N2O2S/c1-11-6-4-5-7-14(11)12(2)17-13-8-9-15(16-10-13)20(3,18)19/h4-10,12,17H,1-3H3. The van der Waals surface area contributed by atoms with Gasteiger partial charge in [0.2, 0.25) is 0 Å². The molecular formula is C15H18N2O2S. The van der Waals surface area contributed by atoms with Gasteiger partial charge < -0.3 is 5.32 Å². The first-order valence-electron chi connectivity index (χ1n) is 6.36. The fraction of sp³-hybridized carbons (Fsp3) is 0.267. The molecule has 4 nitrogen and oxygen atoms in total. The Morgan fingerprint density at radius 3 is 2.40 bits per heavy atom. The molecule has 0 saturated heterocycles. The summed E-state index contributed by atoms with van der Waals surface area (Å²) in [6.07, 6.45) is 2.70. The van der Waals surface area contributed by atoms with Crippen LogP contribution in [-0.2, 0) is 9.84 Å². The SMILES string of the molecule is Cc1ccccc1C(C)Nc1ccc(S(C)(=O)=O)nc1. The lowest BCUT2D eigenvalue weighted by Crippen LogP contribution is -2.09. The molecule has 0 spiro atoms. The molecule has 0 aliphatic heterocycles. The zero-order chi connectivity index (χ0) is 14.8. The summed E-state index contributed by atoms with van der Waals surface area (Å²) in [5.74, 6) is 0. The quantitative estimate of drug-likeness (QED) is 0.940. The van der Waals surface area contributed by atoms with Crippen molar-refractivity contribution in [2.75, 3.05) is 11.6 Å². The summed E-state index contributed by atoms with van der Waals surface area (Å²) in [6.45, 7) is 4.13. The fourth-order valence-corrected chi connectivity index (χ4v) is 2.64. The Bertz CT molecular complexity index is 694. The highest BCUT2D eigenvalue weighted by Crippen LogP contribution is 2.21. The molecule has 0 fully saturated rings. The van der Waals surface area contributed by atoms with E-state index in [1.807, 2.05) is 12.1 Å². The Morgan fingerprint density at radius 1 is 1.15 bits per heavy atom. The topological polar surface area (TPSA) is 59.1 Å². The molecule has 1 unspecified atom stereocenters. The van der Waals surface area contributed by atoms with Crippen molar-refractivity contribution in [3.8, 4) is 0 Å². The third kappa shape index (κ3) is 3.36. The summed E-state index contributed by atoms with van der Waals surface area (Å²) in [5.41, 5.74) is 3.22. The Hall–Kier alpha value is -1.88. The molecule has 0 aliphatic rings. The number of aromatic nitrogens is 1. The number of hydrogen-bond donors (Lipinski definition) is 1. The smallest absolute Gasteiger partial charge is 0.192 e. The van der Waals surface area contributed by atoms with Gasteiger partial charge in [-0.1, -0.05) is 24.3 Å². The van der Waals surface area contributed by atoms with Crippen LogP contribution in [0.25, 0.3) is 0 Å². The van der Waals surface area contributed by atoms with Crippen molar-refractivity contribution in [1.82, 2.24) is 4.98 Å². The molecule has 0 radical (unpaired) electrons. The van der Waals surface area contributed by atoms with Gasteiger partial charge in [0.05, 0.1) is 11.9 Å². The van der Waals surface area contributed by atoms with E-state index in [4.69, 9.17) is 0 Å². The van der Waals surface area contributed by atoms with Crippen molar-refractivity contribution < 1.29 is 8.42 Å². The Balaban J connectivity index is 2.17. The maximum absolute atomic E-state index is 11.3. The average molecular weight is 290 g/mol. The minimum Gasteiger partial charge on any atom is -0.377 e. The van der Waals surface area contributed by atoms with Crippen molar-refractivity contribution in [1.29, 1.82) is 0 Å². The van der Waals surface area contributed by atoms with Crippen LogP contribution < -0.4 is 5.32 Å². The maximum Gasteiger partial charge on any atom is 0.192 e. The number of pyridine rings is 1. The third-order valence-electron chi connectivity index (χ3n) is 3.15. The molecule has 5 heteroatoms. The summed E-state index contributed by atoms with van der Waals surface area (Å²) in [4.78, 5) is 3.97. The van der Waals surface area contributed by atoms with E-state index in [1.54, 1.807) is 12.3 Å². The summed E-state index contributed by atoms with van der Waals surface area (Å²) >= 11 is 0. The van der Waals surface area contributed by atoms with E-state index in [9.17, 15) is 8.42 Å². The average Bonchev–Trinajstić information content (AvgIpc) is 2.38. The molecule has 2 aromatic rings. The van der Waals surface area contributed by atoms with Crippen molar-refractivity contribution in [2.45, 2.75) is 24.9 Å². The van der Waals surface area contributed by atoms with E-state index in [2.05, 4.69) is 36.3 Å². The highest BCUT2D eigenvalue weighted by atomic mass is 32.2. The van der Waals surface area contributed by atoms with Crippen molar-refractivity contribution in [2.24, 2.45) is 0 Å². The van der Waals surface area contributed by atoms with Crippen LogP contribution in [0.5, 0.6) is 0 Å². The number of aryl methyl sites for hydroxylation is 1. The predicted molar refractivity (Wildman–Crippen MR) is 80.6 cm³/mol. The minimum atomic E-state index is -3.25. The lowest BCUT2D eigenvalue weighted by molar-refractivity contribution is 0.598. The van der Waals surface area contributed by atoms with Gasteiger partial charge in [-0.25, -0.2) is 13.4 Å². The third-order valence-corrected chi connectivity index (χ3v) is 4.16. The number of nitrogens with zero attached hydrogens (tertiary/aromatic N) is 1. The van der Waals surface area contributed by atoms with Crippen LogP contribution in [0.1, 0.15) is 24.1 Å². The van der Waals surface area contributed by atoms with Crippen molar-refractivity contribution in [3.05, 3.63) is 53.7 Å².